The zero-order chi connectivity index (χ0) is 18.5. The molecule has 1 aliphatic heterocycles. The zero-order valence-corrected chi connectivity index (χ0v) is 14.9. The SMILES string of the molecule is N#Cc1ccc(N2CC(C(=O)NCCc3cccc(Cl)c3)CC2=O)cc1. The third-order valence-corrected chi connectivity index (χ3v) is 4.64. The van der Waals surface area contributed by atoms with Crippen LogP contribution >= 0.6 is 11.6 Å². The highest BCUT2D eigenvalue weighted by atomic mass is 35.5. The van der Waals surface area contributed by atoms with Gasteiger partial charge in [-0.25, -0.2) is 0 Å². The van der Waals surface area contributed by atoms with E-state index in [9.17, 15) is 9.59 Å². The van der Waals surface area contributed by atoms with Gasteiger partial charge >= 0.3 is 0 Å². The summed E-state index contributed by atoms with van der Waals surface area (Å²) in [6, 6.07) is 16.4. The minimum absolute atomic E-state index is 0.0790. The molecule has 26 heavy (non-hydrogen) atoms. The Bertz CT molecular complexity index is 858. The molecule has 0 aliphatic carbocycles. The van der Waals surface area contributed by atoms with Crippen LogP contribution in [0.1, 0.15) is 17.5 Å². The van der Waals surface area contributed by atoms with Crippen molar-refractivity contribution in [1.82, 2.24) is 5.32 Å². The maximum absolute atomic E-state index is 12.4. The molecular weight excluding hydrogens is 350 g/mol. The number of amides is 2. The molecule has 0 saturated carbocycles. The van der Waals surface area contributed by atoms with E-state index in [2.05, 4.69) is 5.32 Å². The van der Waals surface area contributed by atoms with E-state index in [1.807, 2.05) is 30.3 Å². The van der Waals surface area contributed by atoms with Crippen molar-refractivity contribution in [1.29, 1.82) is 5.26 Å². The van der Waals surface area contributed by atoms with Crippen LogP contribution in [0.2, 0.25) is 5.02 Å². The molecule has 5 nitrogen and oxygen atoms in total. The van der Waals surface area contributed by atoms with Gasteiger partial charge in [0.1, 0.15) is 0 Å². The number of carbonyl (C=O) groups excluding carboxylic acids is 2. The van der Waals surface area contributed by atoms with Gasteiger partial charge in [0.25, 0.3) is 0 Å². The fraction of sp³-hybridized carbons (Fsp3) is 0.250. The summed E-state index contributed by atoms with van der Waals surface area (Å²) in [6.07, 6.45) is 0.884. The van der Waals surface area contributed by atoms with Crippen LogP contribution in [-0.2, 0) is 16.0 Å². The number of hydrogen-bond acceptors (Lipinski definition) is 3. The number of anilines is 1. The molecule has 1 atom stereocenters. The molecule has 0 aromatic heterocycles. The second-order valence-electron chi connectivity index (χ2n) is 6.24. The quantitative estimate of drug-likeness (QED) is 0.883. The van der Waals surface area contributed by atoms with Gasteiger partial charge in [-0.2, -0.15) is 5.26 Å². The van der Waals surface area contributed by atoms with Crippen molar-refractivity contribution in [2.24, 2.45) is 5.92 Å². The Morgan fingerprint density at radius 1 is 1.27 bits per heavy atom. The fourth-order valence-electron chi connectivity index (χ4n) is 3.02. The van der Waals surface area contributed by atoms with Crippen LogP contribution in [0.25, 0.3) is 0 Å². The van der Waals surface area contributed by atoms with Gasteiger partial charge in [0.15, 0.2) is 0 Å². The first kappa shape index (κ1) is 18.0. The van der Waals surface area contributed by atoms with Crippen molar-refractivity contribution >= 4 is 29.1 Å². The molecule has 2 aromatic rings. The first-order chi connectivity index (χ1) is 12.6. The van der Waals surface area contributed by atoms with Crippen LogP contribution in [0.15, 0.2) is 48.5 Å². The number of nitrogens with zero attached hydrogens (tertiary/aromatic N) is 2. The smallest absolute Gasteiger partial charge is 0.227 e. The molecule has 2 aromatic carbocycles. The molecule has 1 N–H and O–H groups in total. The molecule has 2 amide bonds. The summed E-state index contributed by atoms with van der Waals surface area (Å²) < 4.78 is 0. The first-order valence-electron chi connectivity index (χ1n) is 8.39. The van der Waals surface area contributed by atoms with Crippen LogP contribution in [0.5, 0.6) is 0 Å². The van der Waals surface area contributed by atoms with Crippen LogP contribution in [0, 0.1) is 17.2 Å². The van der Waals surface area contributed by atoms with Crippen LogP contribution < -0.4 is 10.2 Å². The van der Waals surface area contributed by atoms with Crippen LogP contribution in [-0.4, -0.2) is 24.9 Å². The maximum atomic E-state index is 12.4. The molecule has 1 unspecified atom stereocenters. The Labute approximate surface area is 157 Å². The summed E-state index contributed by atoms with van der Waals surface area (Å²) in [6.45, 7) is 0.856. The van der Waals surface area contributed by atoms with E-state index in [0.29, 0.717) is 35.8 Å². The molecule has 1 aliphatic rings. The summed E-state index contributed by atoms with van der Waals surface area (Å²) in [7, 11) is 0. The second kappa shape index (κ2) is 8.03. The molecule has 132 valence electrons. The standard InChI is InChI=1S/C20H18ClN3O2/c21-17-3-1-2-14(10-17)8-9-23-20(26)16-11-19(25)24(13-16)18-6-4-15(12-22)5-7-18/h1-7,10,16H,8-9,11,13H2,(H,23,26). The summed E-state index contributed by atoms with van der Waals surface area (Å²) in [4.78, 5) is 26.2. The molecular formula is C20H18ClN3O2. The van der Waals surface area contributed by atoms with Crippen molar-refractivity contribution < 1.29 is 9.59 Å². The van der Waals surface area contributed by atoms with Gasteiger partial charge in [0.2, 0.25) is 11.8 Å². The van der Waals surface area contributed by atoms with Crippen molar-refractivity contribution in [3.63, 3.8) is 0 Å². The molecule has 1 heterocycles. The van der Waals surface area contributed by atoms with Gasteiger partial charge in [0.05, 0.1) is 17.6 Å². The predicted octanol–water partition coefficient (Wildman–Crippen LogP) is 2.92. The lowest BCUT2D eigenvalue weighted by molar-refractivity contribution is -0.126. The molecule has 6 heteroatoms. The number of nitrogens with one attached hydrogen (secondary N) is 1. The number of carbonyl (C=O) groups is 2. The van der Waals surface area contributed by atoms with Gasteiger partial charge in [-0.15, -0.1) is 0 Å². The Kier molecular flexibility index (Phi) is 5.55. The Hall–Kier alpha value is -2.84. The van der Waals surface area contributed by atoms with E-state index >= 15 is 0 Å². The van der Waals surface area contributed by atoms with Crippen LogP contribution in [0.4, 0.5) is 5.69 Å². The number of halogens is 1. The minimum Gasteiger partial charge on any atom is -0.355 e. The molecule has 1 fully saturated rings. The summed E-state index contributed by atoms with van der Waals surface area (Å²) in [5, 5.41) is 12.4. The molecule has 0 spiro atoms. The van der Waals surface area contributed by atoms with E-state index in [0.717, 1.165) is 5.56 Å². The van der Waals surface area contributed by atoms with Crippen molar-refractivity contribution in [3.05, 3.63) is 64.7 Å². The van der Waals surface area contributed by atoms with Crippen molar-refractivity contribution in [3.8, 4) is 6.07 Å². The molecule has 1 saturated heterocycles. The first-order valence-corrected chi connectivity index (χ1v) is 8.77. The zero-order valence-electron chi connectivity index (χ0n) is 14.1. The average Bonchev–Trinajstić information content (AvgIpc) is 3.04. The second-order valence-corrected chi connectivity index (χ2v) is 6.67. The monoisotopic (exact) mass is 367 g/mol. The summed E-state index contributed by atoms with van der Waals surface area (Å²) >= 11 is 5.95. The highest BCUT2D eigenvalue weighted by Gasteiger charge is 2.34. The maximum Gasteiger partial charge on any atom is 0.227 e. The lowest BCUT2D eigenvalue weighted by Crippen LogP contribution is -2.34. The van der Waals surface area contributed by atoms with Crippen LogP contribution in [0.3, 0.4) is 0 Å². The van der Waals surface area contributed by atoms with Gasteiger partial charge in [-0.1, -0.05) is 23.7 Å². The van der Waals surface area contributed by atoms with Gasteiger partial charge in [0, 0.05) is 30.2 Å². The largest absolute Gasteiger partial charge is 0.355 e. The number of nitriles is 1. The molecule has 0 bridgehead atoms. The van der Waals surface area contributed by atoms with Crippen molar-refractivity contribution in [2.45, 2.75) is 12.8 Å². The fourth-order valence-corrected chi connectivity index (χ4v) is 3.23. The molecule has 0 radical (unpaired) electrons. The van der Waals surface area contributed by atoms with Crippen molar-refractivity contribution in [2.75, 3.05) is 18.0 Å². The molecule has 3 rings (SSSR count). The van der Waals surface area contributed by atoms with E-state index in [1.165, 1.54) is 0 Å². The van der Waals surface area contributed by atoms with Gasteiger partial charge in [-0.3, -0.25) is 9.59 Å². The predicted molar refractivity (Wildman–Crippen MR) is 99.8 cm³/mol. The normalized spacial score (nSPS) is 16.4. The van der Waals surface area contributed by atoms with Gasteiger partial charge in [-0.05, 0) is 48.4 Å². The summed E-state index contributed by atoms with van der Waals surface area (Å²) in [5.74, 6) is -0.557. The average molecular weight is 368 g/mol. The third kappa shape index (κ3) is 4.22. The number of hydrogen-bond donors (Lipinski definition) is 1. The van der Waals surface area contributed by atoms with E-state index < -0.39 is 0 Å². The van der Waals surface area contributed by atoms with E-state index in [-0.39, 0.29) is 24.2 Å². The summed E-state index contributed by atoms with van der Waals surface area (Å²) in [5.41, 5.74) is 2.30. The number of benzene rings is 2. The highest BCUT2D eigenvalue weighted by molar-refractivity contribution is 6.30. The third-order valence-electron chi connectivity index (χ3n) is 4.41. The lowest BCUT2D eigenvalue weighted by atomic mass is 10.1. The Morgan fingerprint density at radius 2 is 2.04 bits per heavy atom. The number of rotatable bonds is 5. The highest BCUT2D eigenvalue weighted by Crippen LogP contribution is 2.25. The van der Waals surface area contributed by atoms with E-state index in [1.54, 1.807) is 29.2 Å². The minimum atomic E-state index is -0.363. The van der Waals surface area contributed by atoms with Gasteiger partial charge < -0.3 is 10.2 Å². The Morgan fingerprint density at radius 3 is 2.73 bits per heavy atom. The topological polar surface area (TPSA) is 73.2 Å². The Balaban J connectivity index is 1.54. The van der Waals surface area contributed by atoms with E-state index in [4.69, 9.17) is 16.9 Å². The lowest BCUT2D eigenvalue weighted by Gasteiger charge is -2.16.